The molecule has 0 saturated heterocycles. The summed E-state index contributed by atoms with van der Waals surface area (Å²) in [5.74, 6) is 1.17. The summed E-state index contributed by atoms with van der Waals surface area (Å²) in [5, 5.41) is 0. The zero-order chi connectivity index (χ0) is 17.1. The molecule has 0 unspecified atom stereocenters. The summed E-state index contributed by atoms with van der Waals surface area (Å²) in [4.78, 5) is 21.7. The number of anilines is 1. The van der Waals surface area contributed by atoms with Crippen LogP contribution < -0.4 is 4.90 Å². The molecule has 25 heavy (non-hydrogen) atoms. The highest BCUT2D eigenvalue weighted by molar-refractivity contribution is 5.95. The summed E-state index contributed by atoms with van der Waals surface area (Å²) in [6.45, 7) is 1.99. The molecule has 132 valence electrons. The number of carbonyl (C=O) groups excluding carboxylic acids is 1. The fourth-order valence-electron chi connectivity index (χ4n) is 4.07. The smallest absolute Gasteiger partial charge is 0.241 e. The normalized spacial score (nSPS) is 18.7. The molecule has 2 aromatic rings. The molecule has 0 spiro atoms. The van der Waals surface area contributed by atoms with Crippen LogP contribution in [0.5, 0.6) is 0 Å². The van der Waals surface area contributed by atoms with E-state index in [4.69, 9.17) is 4.42 Å². The van der Waals surface area contributed by atoms with Crippen LogP contribution >= 0.6 is 0 Å². The lowest BCUT2D eigenvalue weighted by atomic mass is 9.93. The SMILES string of the molecule is O=C(CN1CCc2ocnc2C1)N(c1ccccc1)C1CCCCC1. The molecule has 1 amide bonds. The Hall–Kier alpha value is -2.14. The Labute approximate surface area is 148 Å². The molecular formula is C20H25N3O2. The van der Waals surface area contributed by atoms with Crippen LogP contribution in [-0.4, -0.2) is 34.9 Å². The van der Waals surface area contributed by atoms with Crippen LogP contribution in [0.3, 0.4) is 0 Å². The van der Waals surface area contributed by atoms with Crippen LogP contribution in [0.4, 0.5) is 5.69 Å². The van der Waals surface area contributed by atoms with Crippen molar-refractivity contribution < 1.29 is 9.21 Å². The largest absolute Gasteiger partial charge is 0.448 e. The summed E-state index contributed by atoms with van der Waals surface area (Å²) >= 11 is 0. The van der Waals surface area contributed by atoms with Gasteiger partial charge in [0, 0.05) is 31.2 Å². The second-order valence-corrected chi connectivity index (χ2v) is 7.07. The highest BCUT2D eigenvalue weighted by Crippen LogP contribution is 2.28. The van der Waals surface area contributed by atoms with Gasteiger partial charge in [-0.15, -0.1) is 0 Å². The number of hydrogen-bond donors (Lipinski definition) is 0. The predicted molar refractivity (Wildman–Crippen MR) is 96.3 cm³/mol. The Morgan fingerprint density at radius 1 is 1.20 bits per heavy atom. The summed E-state index contributed by atoms with van der Waals surface area (Å²) < 4.78 is 5.39. The first-order chi connectivity index (χ1) is 12.3. The Balaban J connectivity index is 1.50. The molecular weight excluding hydrogens is 314 g/mol. The lowest BCUT2D eigenvalue weighted by molar-refractivity contribution is -0.120. The van der Waals surface area contributed by atoms with Gasteiger partial charge in [0.2, 0.25) is 5.91 Å². The minimum atomic E-state index is 0.199. The molecule has 2 heterocycles. The van der Waals surface area contributed by atoms with E-state index in [1.54, 1.807) is 0 Å². The number of benzene rings is 1. The molecule has 2 aliphatic rings. The summed E-state index contributed by atoms with van der Waals surface area (Å²) in [6, 6.07) is 10.5. The van der Waals surface area contributed by atoms with E-state index in [2.05, 4.69) is 26.9 Å². The van der Waals surface area contributed by atoms with Gasteiger partial charge in [-0.3, -0.25) is 9.69 Å². The quantitative estimate of drug-likeness (QED) is 0.857. The zero-order valence-electron chi connectivity index (χ0n) is 14.6. The van der Waals surface area contributed by atoms with Crippen molar-refractivity contribution in [2.24, 2.45) is 0 Å². The van der Waals surface area contributed by atoms with Gasteiger partial charge in [0.25, 0.3) is 0 Å². The number of hydrogen-bond acceptors (Lipinski definition) is 4. The molecule has 1 aliphatic carbocycles. The number of oxazole rings is 1. The van der Waals surface area contributed by atoms with Crippen molar-refractivity contribution in [3.63, 3.8) is 0 Å². The van der Waals surface area contributed by atoms with Crippen molar-refractivity contribution in [2.75, 3.05) is 18.0 Å². The molecule has 5 nitrogen and oxygen atoms in total. The lowest BCUT2D eigenvalue weighted by Crippen LogP contribution is -2.47. The third-order valence-electron chi connectivity index (χ3n) is 5.36. The van der Waals surface area contributed by atoms with Crippen LogP contribution in [0.25, 0.3) is 0 Å². The van der Waals surface area contributed by atoms with E-state index in [1.807, 2.05) is 18.2 Å². The first-order valence-electron chi connectivity index (χ1n) is 9.32. The van der Waals surface area contributed by atoms with Crippen molar-refractivity contribution in [1.29, 1.82) is 0 Å². The van der Waals surface area contributed by atoms with Crippen LogP contribution in [-0.2, 0) is 17.8 Å². The monoisotopic (exact) mass is 339 g/mol. The Morgan fingerprint density at radius 3 is 2.80 bits per heavy atom. The highest BCUT2D eigenvalue weighted by Gasteiger charge is 2.29. The fourth-order valence-corrected chi connectivity index (χ4v) is 4.07. The van der Waals surface area contributed by atoms with E-state index in [-0.39, 0.29) is 5.91 Å². The standard InChI is InChI=1S/C20H25N3O2/c24-20(14-22-12-11-19-18(13-22)21-15-25-19)23(16-7-3-1-4-8-16)17-9-5-2-6-10-17/h1,3-4,7-8,15,17H,2,5-6,9-14H2. The maximum absolute atomic E-state index is 13.2. The van der Waals surface area contributed by atoms with Crippen molar-refractivity contribution in [3.05, 3.63) is 48.2 Å². The molecule has 1 fully saturated rings. The van der Waals surface area contributed by atoms with Gasteiger partial charge in [-0.1, -0.05) is 37.5 Å². The minimum absolute atomic E-state index is 0.199. The van der Waals surface area contributed by atoms with Crippen molar-refractivity contribution >= 4 is 11.6 Å². The van der Waals surface area contributed by atoms with Crippen molar-refractivity contribution in [2.45, 2.75) is 51.1 Å². The Bertz CT molecular complexity index is 707. The Kier molecular flexibility index (Phi) is 4.83. The van der Waals surface area contributed by atoms with E-state index >= 15 is 0 Å². The first kappa shape index (κ1) is 16.3. The number of carbonyl (C=O) groups is 1. The molecule has 4 rings (SSSR count). The molecule has 1 aromatic heterocycles. The topological polar surface area (TPSA) is 49.6 Å². The second-order valence-electron chi connectivity index (χ2n) is 7.07. The van der Waals surface area contributed by atoms with Gasteiger partial charge in [0.15, 0.2) is 6.39 Å². The molecule has 1 saturated carbocycles. The predicted octanol–water partition coefficient (Wildman–Crippen LogP) is 3.40. The third kappa shape index (κ3) is 3.61. The number of rotatable bonds is 4. The summed E-state index contributed by atoms with van der Waals surface area (Å²) in [5.41, 5.74) is 2.00. The van der Waals surface area contributed by atoms with E-state index < -0.39 is 0 Å². The molecule has 0 atom stereocenters. The molecule has 1 aromatic carbocycles. The van der Waals surface area contributed by atoms with Gasteiger partial charge >= 0.3 is 0 Å². The average molecular weight is 339 g/mol. The molecule has 0 N–H and O–H groups in total. The van der Waals surface area contributed by atoms with Crippen LogP contribution in [0.2, 0.25) is 0 Å². The maximum Gasteiger partial charge on any atom is 0.241 e. The zero-order valence-corrected chi connectivity index (χ0v) is 14.6. The van der Waals surface area contributed by atoms with Gasteiger partial charge in [0.05, 0.1) is 12.2 Å². The van der Waals surface area contributed by atoms with Crippen LogP contribution in [0.15, 0.2) is 41.1 Å². The molecule has 0 bridgehead atoms. The number of fused-ring (bicyclic) bond motifs is 1. The number of aromatic nitrogens is 1. The Morgan fingerprint density at radius 2 is 2.00 bits per heavy atom. The van der Waals surface area contributed by atoms with E-state index in [1.165, 1.54) is 25.7 Å². The number of amides is 1. The van der Waals surface area contributed by atoms with Gasteiger partial charge in [-0.2, -0.15) is 0 Å². The fraction of sp³-hybridized carbons (Fsp3) is 0.500. The third-order valence-corrected chi connectivity index (χ3v) is 5.36. The molecule has 5 heteroatoms. The lowest BCUT2D eigenvalue weighted by Gasteiger charge is -2.36. The van der Waals surface area contributed by atoms with Gasteiger partial charge in [0.1, 0.15) is 5.76 Å². The highest BCUT2D eigenvalue weighted by atomic mass is 16.3. The first-order valence-corrected chi connectivity index (χ1v) is 9.32. The maximum atomic E-state index is 13.2. The van der Waals surface area contributed by atoms with Crippen molar-refractivity contribution in [3.8, 4) is 0 Å². The van der Waals surface area contributed by atoms with E-state index in [9.17, 15) is 4.79 Å². The van der Waals surface area contributed by atoms with Crippen LogP contribution in [0.1, 0.15) is 43.6 Å². The number of para-hydroxylation sites is 1. The van der Waals surface area contributed by atoms with Crippen LogP contribution in [0, 0.1) is 0 Å². The minimum Gasteiger partial charge on any atom is -0.448 e. The molecule has 0 radical (unpaired) electrons. The van der Waals surface area contributed by atoms with Gasteiger partial charge in [-0.05, 0) is 25.0 Å². The second kappa shape index (κ2) is 7.40. The summed E-state index contributed by atoms with van der Waals surface area (Å²) in [6.07, 6.45) is 8.27. The van der Waals surface area contributed by atoms with E-state index in [0.29, 0.717) is 19.1 Å². The average Bonchev–Trinajstić information content (AvgIpc) is 3.11. The van der Waals surface area contributed by atoms with Gasteiger partial charge in [-0.25, -0.2) is 4.98 Å². The number of nitrogens with zero attached hydrogens (tertiary/aromatic N) is 3. The van der Waals surface area contributed by atoms with E-state index in [0.717, 1.165) is 42.9 Å². The molecule has 1 aliphatic heterocycles. The summed E-state index contributed by atoms with van der Waals surface area (Å²) in [7, 11) is 0. The van der Waals surface area contributed by atoms with Crippen molar-refractivity contribution in [1.82, 2.24) is 9.88 Å². The van der Waals surface area contributed by atoms with Gasteiger partial charge < -0.3 is 9.32 Å².